The van der Waals surface area contributed by atoms with Crippen LogP contribution in [0.15, 0.2) is 35.2 Å². The van der Waals surface area contributed by atoms with Crippen molar-refractivity contribution in [2.75, 3.05) is 11.1 Å². The summed E-state index contributed by atoms with van der Waals surface area (Å²) in [7, 11) is -3.29. The average Bonchev–Trinajstić information content (AvgIpc) is 2.69. The second-order valence-electron chi connectivity index (χ2n) is 4.20. The SMILES string of the molecule is CCS(=O)(=O)c1ccc2c3c(cccc13)C(=O)N2. The van der Waals surface area contributed by atoms with E-state index in [-0.39, 0.29) is 11.7 Å². The molecule has 0 saturated heterocycles. The summed E-state index contributed by atoms with van der Waals surface area (Å²) in [6.45, 7) is 1.61. The molecule has 0 radical (unpaired) electrons. The minimum absolute atomic E-state index is 0.0487. The summed E-state index contributed by atoms with van der Waals surface area (Å²) in [5.41, 5.74) is 1.22. The lowest BCUT2D eigenvalue weighted by atomic mass is 10.1. The van der Waals surface area contributed by atoms with Gasteiger partial charge in [-0.3, -0.25) is 4.79 Å². The van der Waals surface area contributed by atoms with Crippen molar-refractivity contribution >= 4 is 32.2 Å². The van der Waals surface area contributed by atoms with Crippen molar-refractivity contribution in [1.82, 2.24) is 0 Å². The van der Waals surface area contributed by atoms with Gasteiger partial charge in [-0.1, -0.05) is 19.1 Å². The van der Waals surface area contributed by atoms with Crippen LogP contribution in [0, 0.1) is 0 Å². The first-order chi connectivity index (χ1) is 8.54. The molecule has 2 aromatic carbocycles. The molecule has 0 aromatic heterocycles. The van der Waals surface area contributed by atoms with E-state index in [1.807, 2.05) is 0 Å². The third-order valence-electron chi connectivity index (χ3n) is 3.21. The molecule has 4 nitrogen and oxygen atoms in total. The standard InChI is InChI=1S/C13H11NO3S/c1-2-18(16,17)11-7-6-10-12-8(11)4-3-5-9(12)13(15)14-10/h3-7H,2H2,1H3,(H,14,15). The van der Waals surface area contributed by atoms with Gasteiger partial charge in [0.2, 0.25) is 0 Å². The highest BCUT2D eigenvalue weighted by molar-refractivity contribution is 7.91. The number of sulfone groups is 1. The topological polar surface area (TPSA) is 63.2 Å². The molecule has 0 spiro atoms. The third-order valence-corrected chi connectivity index (χ3v) is 4.99. The van der Waals surface area contributed by atoms with Gasteiger partial charge in [0.25, 0.3) is 5.91 Å². The van der Waals surface area contributed by atoms with Crippen LogP contribution in [0.5, 0.6) is 0 Å². The molecule has 0 fully saturated rings. The number of rotatable bonds is 2. The van der Waals surface area contributed by atoms with Gasteiger partial charge in [-0.25, -0.2) is 8.42 Å². The predicted molar refractivity (Wildman–Crippen MR) is 69.6 cm³/mol. The Labute approximate surface area is 105 Å². The molecular weight excluding hydrogens is 250 g/mol. The molecule has 3 rings (SSSR count). The first-order valence-electron chi connectivity index (χ1n) is 5.64. The van der Waals surface area contributed by atoms with Gasteiger partial charge < -0.3 is 5.32 Å². The largest absolute Gasteiger partial charge is 0.321 e. The van der Waals surface area contributed by atoms with Gasteiger partial charge in [0.05, 0.1) is 10.6 Å². The zero-order valence-corrected chi connectivity index (χ0v) is 10.5. The molecule has 0 aliphatic carbocycles. The summed E-state index contributed by atoms with van der Waals surface area (Å²) >= 11 is 0. The maximum atomic E-state index is 12.0. The van der Waals surface area contributed by atoms with Gasteiger partial charge in [-0.2, -0.15) is 0 Å². The first kappa shape index (κ1) is 11.2. The van der Waals surface area contributed by atoms with E-state index in [0.717, 1.165) is 0 Å². The van der Waals surface area contributed by atoms with Crippen LogP contribution in [0.3, 0.4) is 0 Å². The molecular formula is C13H11NO3S. The molecule has 0 bridgehead atoms. The van der Waals surface area contributed by atoms with Gasteiger partial charge in [0.1, 0.15) is 0 Å². The average molecular weight is 261 g/mol. The fourth-order valence-electron chi connectivity index (χ4n) is 2.29. The highest BCUT2D eigenvalue weighted by atomic mass is 32.2. The summed E-state index contributed by atoms with van der Waals surface area (Å²) in [6, 6.07) is 8.37. The van der Waals surface area contributed by atoms with Crippen LogP contribution in [0.2, 0.25) is 0 Å². The molecule has 0 saturated carbocycles. The summed E-state index contributed by atoms with van der Waals surface area (Å²) in [4.78, 5) is 12.0. The molecule has 1 heterocycles. The van der Waals surface area contributed by atoms with E-state index in [9.17, 15) is 13.2 Å². The lowest BCUT2D eigenvalue weighted by Gasteiger charge is -2.07. The second-order valence-corrected chi connectivity index (χ2v) is 6.44. The van der Waals surface area contributed by atoms with Crippen molar-refractivity contribution in [2.24, 2.45) is 0 Å². The Balaban J connectivity index is 2.47. The lowest BCUT2D eigenvalue weighted by molar-refractivity contribution is 0.103. The van der Waals surface area contributed by atoms with Crippen molar-refractivity contribution in [2.45, 2.75) is 11.8 Å². The molecule has 1 amide bonds. The molecule has 1 aliphatic heterocycles. The zero-order valence-electron chi connectivity index (χ0n) is 9.73. The summed E-state index contributed by atoms with van der Waals surface area (Å²) in [6.07, 6.45) is 0. The van der Waals surface area contributed by atoms with Crippen molar-refractivity contribution in [1.29, 1.82) is 0 Å². The van der Waals surface area contributed by atoms with Crippen LogP contribution in [-0.4, -0.2) is 20.1 Å². The van der Waals surface area contributed by atoms with Crippen LogP contribution in [0.4, 0.5) is 5.69 Å². The molecule has 5 heteroatoms. The molecule has 18 heavy (non-hydrogen) atoms. The number of nitrogens with one attached hydrogen (secondary N) is 1. The molecule has 1 aliphatic rings. The molecule has 92 valence electrons. The van der Waals surface area contributed by atoms with Crippen LogP contribution in [0.25, 0.3) is 10.8 Å². The van der Waals surface area contributed by atoms with E-state index in [4.69, 9.17) is 0 Å². The highest BCUT2D eigenvalue weighted by Crippen LogP contribution is 2.36. The number of amides is 1. The lowest BCUT2D eigenvalue weighted by Crippen LogP contribution is -2.04. The van der Waals surface area contributed by atoms with E-state index < -0.39 is 9.84 Å². The third kappa shape index (κ3) is 1.37. The van der Waals surface area contributed by atoms with E-state index in [1.54, 1.807) is 37.3 Å². The van der Waals surface area contributed by atoms with Crippen LogP contribution in [0.1, 0.15) is 17.3 Å². The van der Waals surface area contributed by atoms with Gasteiger partial charge in [-0.05, 0) is 18.2 Å². The van der Waals surface area contributed by atoms with Crippen LogP contribution >= 0.6 is 0 Å². The summed E-state index contributed by atoms with van der Waals surface area (Å²) in [5, 5.41) is 4.06. The number of hydrogen-bond donors (Lipinski definition) is 1. The molecule has 0 atom stereocenters. The number of carbonyl (C=O) groups excluding carboxylic acids is 1. The van der Waals surface area contributed by atoms with Crippen molar-refractivity contribution in [3.63, 3.8) is 0 Å². The highest BCUT2D eigenvalue weighted by Gasteiger charge is 2.25. The second kappa shape index (κ2) is 3.55. The summed E-state index contributed by atoms with van der Waals surface area (Å²) < 4.78 is 24.1. The first-order valence-corrected chi connectivity index (χ1v) is 7.29. The Morgan fingerprint density at radius 2 is 1.94 bits per heavy atom. The van der Waals surface area contributed by atoms with Crippen LogP contribution < -0.4 is 5.32 Å². The molecule has 1 N–H and O–H groups in total. The van der Waals surface area contributed by atoms with Gasteiger partial charge >= 0.3 is 0 Å². The monoisotopic (exact) mass is 261 g/mol. The van der Waals surface area contributed by atoms with Gasteiger partial charge in [-0.15, -0.1) is 0 Å². The minimum Gasteiger partial charge on any atom is -0.321 e. The molecule has 2 aromatic rings. The van der Waals surface area contributed by atoms with E-state index in [1.165, 1.54) is 0 Å². The fraction of sp³-hybridized carbons (Fsp3) is 0.154. The smallest absolute Gasteiger partial charge is 0.256 e. The number of hydrogen-bond acceptors (Lipinski definition) is 3. The Bertz CT molecular complexity index is 778. The van der Waals surface area contributed by atoms with Crippen LogP contribution in [-0.2, 0) is 9.84 Å². The van der Waals surface area contributed by atoms with E-state index in [0.29, 0.717) is 26.9 Å². The van der Waals surface area contributed by atoms with Crippen molar-refractivity contribution in [3.8, 4) is 0 Å². The Kier molecular flexibility index (Phi) is 2.22. The number of anilines is 1. The maximum absolute atomic E-state index is 12.0. The van der Waals surface area contributed by atoms with Gasteiger partial charge in [0, 0.05) is 22.0 Å². The number of carbonyl (C=O) groups is 1. The fourth-order valence-corrected chi connectivity index (χ4v) is 3.38. The predicted octanol–water partition coefficient (Wildman–Crippen LogP) is 2.20. The van der Waals surface area contributed by atoms with Crippen molar-refractivity contribution in [3.05, 3.63) is 35.9 Å². The Morgan fingerprint density at radius 1 is 1.17 bits per heavy atom. The molecule has 0 unspecified atom stereocenters. The van der Waals surface area contributed by atoms with E-state index in [2.05, 4.69) is 5.32 Å². The zero-order chi connectivity index (χ0) is 12.9. The quantitative estimate of drug-likeness (QED) is 0.901. The Hall–Kier alpha value is -1.88. The minimum atomic E-state index is -3.29. The van der Waals surface area contributed by atoms with Gasteiger partial charge in [0.15, 0.2) is 9.84 Å². The maximum Gasteiger partial charge on any atom is 0.256 e. The normalized spacial score (nSPS) is 13.9. The number of benzene rings is 2. The summed E-state index contributed by atoms with van der Waals surface area (Å²) in [5.74, 6) is -0.130. The Morgan fingerprint density at radius 3 is 2.67 bits per heavy atom. The van der Waals surface area contributed by atoms with Crippen molar-refractivity contribution < 1.29 is 13.2 Å². The van der Waals surface area contributed by atoms with E-state index >= 15 is 0 Å².